The molecule has 0 N–H and O–H groups in total. The lowest BCUT2D eigenvalue weighted by Gasteiger charge is -2.05. The fourth-order valence-corrected chi connectivity index (χ4v) is 5.63. The zero-order valence-corrected chi connectivity index (χ0v) is 19.8. The number of fused-ring (bicyclic) bond motifs is 1. The maximum Gasteiger partial charge on any atom is 0.279 e. The highest BCUT2D eigenvalue weighted by Gasteiger charge is 2.14. The van der Waals surface area contributed by atoms with E-state index in [-0.39, 0.29) is 15.4 Å². The van der Waals surface area contributed by atoms with Crippen LogP contribution in [0.5, 0.6) is 0 Å². The molecule has 0 saturated heterocycles. The summed E-state index contributed by atoms with van der Waals surface area (Å²) in [5.74, 6) is 0.221. The summed E-state index contributed by atoms with van der Waals surface area (Å²) in [5.41, 5.74) is 0.960. The van der Waals surface area contributed by atoms with Gasteiger partial charge in [-0.2, -0.15) is 16.8 Å². The van der Waals surface area contributed by atoms with E-state index in [1.54, 1.807) is 30.0 Å². The molecular formula is C19H20N2O5S4. The third-order valence-electron chi connectivity index (χ3n) is 4.31. The smallest absolute Gasteiger partial charge is 0.279 e. The molecule has 3 aromatic rings. The molecule has 0 aliphatic carbocycles. The summed E-state index contributed by atoms with van der Waals surface area (Å²) in [4.78, 5) is 17.7. The average molecular weight is 485 g/mol. The lowest BCUT2D eigenvalue weighted by atomic mass is 10.2. The van der Waals surface area contributed by atoms with Crippen LogP contribution < -0.4 is 4.80 Å². The molecule has 1 heterocycles. The van der Waals surface area contributed by atoms with Crippen LogP contribution in [0.15, 0.2) is 57.2 Å². The van der Waals surface area contributed by atoms with Crippen LogP contribution in [0.25, 0.3) is 10.2 Å². The average Bonchev–Trinajstić information content (AvgIpc) is 3.01. The first-order valence-electron chi connectivity index (χ1n) is 8.72. The van der Waals surface area contributed by atoms with E-state index in [1.165, 1.54) is 35.6 Å². The largest absolute Gasteiger partial charge is 0.316 e. The van der Waals surface area contributed by atoms with Gasteiger partial charge >= 0.3 is 0 Å². The van der Waals surface area contributed by atoms with Gasteiger partial charge in [-0.15, -0.1) is 0 Å². The zero-order chi connectivity index (χ0) is 22.1. The summed E-state index contributed by atoms with van der Waals surface area (Å²) in [6, 6.07) is 10.6. The summed E-state index contributed by atoms with van der Waals surface area (Å²) >= 11 is 2.86. The molecule has 2 aromatic carbocycles. The van der Waals surface area contributed by atoms with Gasteiger partial charge in [0.25, 0.3) is 5.91 Å². The van der Waals surface area contributed by atoms with Gasteiger partial charge in [-0.1, -0.05) is 17.4 Å². The second-order valence-corrected chi connectivity index (χ2v) is 12.7. The van der Waals surface area contributed by atoms with E-state index in [0.717, 1.165) is 23.8 Å². The van der Waals surface area contributed by atoms with Gasteiger partial charge in [0.05, 0.1) is 20.0 Å². The minimum atomic E-state index is -3.45. The molecule has 30 heavy (non-hydrogen) atoms. The molecule has 0 aliphatic heterocycles. The van der Waals surface area contributed by atoms with Gasteiger partial charge < -0.3 is 4.57 Å². The number of nitrogens with zero attached hydrogens (tertiary/aromatic N) is 2. The molecule has 1 amide bonds. The maximum absolute atomic E-state index is 12.8. The van der Waals surface area contributed by atoms with Crippen molar-refractivity contribution in [3.8, 4) is 0 Å². The van der Waals surface area contributed by atoms with E-state index < -0.39 is 25.6 Å². The number of aryl methyl sites for hydroxylation is 1. The van der Waals surface area contributed by atoms with Crippen molar-refractivity contribution < 1.29 is 21.6 Å². The van der Waals surface area contributed by atoms with Gasteiger partial charge in [0, 0.05) is 30.4 Å². The Morgan fingerprint density at radius 2 is 1.70 bits per heavy atom. The van der Waals surface area contributed by atoms with Crippen molar-refractivity contribution in [2.75, 3.05) is 24.5 Å². The molecule has 0 aliphatic rings. The highest BCUT2D eigenvalue weighted by Crippen LogP contribution is 2.22. The molecular weight excluding hydrogens is 464 g/mol. The SMILES string of the molecule is CSCCn1c(=NC(=O)c2cccc(S(C)(=O)=O)c2)sc2cc(S(C)(=O)=O)ccc21. The minimum absolute atomic E-state index is 0.0490. The van der Waals surface area contributed by atoms with Crippen LogP contribution in [0, 0.1) is 0 Å². The highest BCUT2D eigenvalue weighted by molar-refractivity contribution is 7.98. The van der Waals surface area contributed by atoms with Crippen LogP contribution in [0.3, 0.4) is 0 Å². The molecule has 0 spiro atoms. The van der Waals surface area contributed by atoms with Crippen LogP contribution in [0.1, 0.15) is 10.4 Å². The van der Waals surface area contributed by atoms with E-state index in [1.807, 2.05) is 10.8 Å². The molecule has 0 fully saturated rings. The van der Waals surface area contributed by atoms with Crippen molar-refractivity contribution >= 4 is 58.9 Å². The quantitative estimate of drug-likeness (QED) is 0.533. The predicted octanol–water partition coefficient (Wildman–Crippen LogP) is 2.61. The van der Waals surface area contributed by atoms with Gasteiger partial charge in [0.2, 0.25) is 0 Å². The van der Waals surface area contributed by atoms with Gasteiger partial charge in [-0.25, -0.2) is 16.8 Å². The van der Waals surface area contributed by atoms with E-state index in [2.05, 4.69) is 4.99 Å². The molecule has 0 radical (unpaired) electrons. The Morgan fingerprint density at radius 1 is 1.03 bits per heavy atom. The van der Waals surface area contributed by atoms with E-state index in [9.17, 15) is 21.6 Å². The summed E-state index contributed by atoms with van der Waals surface area (Å²) in [6.45, 7) is 0.592. The first-order chi connectivity index (χ1) is 14.0. The van der Waals surface area contributed by atoms with Crippen LogP contribution >= 0.6 is 23.1 Å². The number of carbonyl (C=O) groups excluding carboxylic acids is 1. The van der Waals surface area contributed by atoms with Crippen molar-refractivity contribution in [3.63, 3.8) is 0 Å². The lowest BCUT2D eigenvalue weighted by Crippen LogP contribution is -2.18. The molecule has 160 valence electrons. The summed E-state index contributed by atoms with van der Waals surface area (Å²) in [5, 5.41) is 0. The summed E-state index contributed by atoms with van der Waals surface area (Å²) < 4.78 is 49.9. The van der Waals surface area contributed by atoms with Crippen molar-refractivity contribution in [2.24, 2.45) is 4.99 Å². The van der Waals surface area contributed by atoms with Crippen molar-refractivity contribution in [3.05, 3.63) is 52.8 Å². The predicted molar refractivity (Wildman–Crippen MR) is 121 cm³/mol. The Hall–Kier alpha value is -1.95. The van der Waals surface area contributed by atoms with Gasteiger partial charge in [0.1, 0.15) is 0 Å². The molecule has 3 rings (SSSR count). The van der Waals surface area contributed by atoms with Crippen molar-refractivity contribution in [2.45, 2.75) is 16.3 Å². The molecule has 0 unspecified atom stereocenters. The number of thioether (sulfide) groups is 1. The zero-order valence-electron chi connectivity index (χ0n) is 16.5. The van der Waals surface area contributed by atoms with Crippen LogP contribution in [-0.2, 0) is 26.2 Å². The number of thiazole rings is 1. The number of carbonyl (C=O) groups is 1. The standard InChI is InChI=1S/C19H20N2O5S4/c1-27-10-9-21-16-8-7-15(30(3,25)26)12-17(16)28-19(21)20-18(22)13-5-4-6-14(11-13)29(2,23)24/h4-8,11-12H,9-10H2,1-3H3. The molecule has 0 bridgehead atoms. The van der Waals surface area contributed by atoms with Crippen molar-refractivity contribution in [1.29, 1.82) is 0 Å². The Kier molecular flexibility index (Phi) is 6.56. The van der Waals surface area contributed by atoms with Crippen LogP contribution in [0.2, 0.25) is 0 Å². The van der Waals surface area contributed by atoms with Gasteiger partial charge in [-0.3, -0.25) is 4.79 Å². The fraction of sp³-hybridized carbons (Fsp3) is 0.263. The second-order valence-electron chi connectivity index (χ2n) is 6.65. The third-order valence-corrected chi connectivity index (χ3v) is 8.16. The highest BCUT2D eigenvalue weighted by atomic mass is 32.2. The Morgan fingerprint density at radius 3 is 2.33 bits per heavy atom. The fourth-order valence-electron chi connectivity index (χ4n) is 2.78. The Bertz CT molecular complexity index is 1400. The van der Waals surface area contributed by atoms with Gasteiger partial charge in [-0.05, 0) is 42.7 Å². The number of rotatable bonds is 6. The summed E-state index contributed by atoms with van der Waals surface area (Å²) in [6.07, 6.45) is 4.19. The molecule has 0 atom stereocenters. The molecule has 0 saturated carbocycles. The molecule has 1 aromatic heterocycles. The monoisotopic (exact) mass is 484 g/mol. The van der Waals surface area contributed by atoms with Gasteiger partial charge in [0.15, 0.2) is 24.5 Å². The third kappa shape index (κ3) is 5.02. The number of hydrogen-bond donors (Lipinski definition) is 0. The topological polar surface area (TPSA) is 103 Å². The first kappa shape index (κ1) is 22.7. The van der Waals surface area contributed by atoms with E-state index in [0.29, 0.717) is 16.0 Å². The Balaban J connectivity index is 2.15. The van der Waals surface area contributed by atoms with Crippen LogP contribution in [-0.4, -0.2) is 51.8 Å². The Labute approximate surface area is 183 Å². The number of benzene rings is 2. The normalized spacial score (nSPS) is 13.1. The number of amides is 1. The maximum atomic E-state index is 12.8. The molecule has 11 heteroatoms. The van der Waals surface area contributed by atoms with Crippen molar-refractivity contribution in [1.82, 2.24) is 4.57 Å². The number of hydrogen-bond acceptors (Lipinski definition) is 7. The molecule has 7 nitrogen and oxygen atoms in total. The number of sulfone groups is 2. The number of aromatic nitrogens is 1. The van der Waals surface area contributed by atoms with E-state index >= 15 is 0 Å². The second kappa shape index (κ2) is 8.66. The lowest BCUT2D eigenvalue weighted by molar-refractivity contribution is 0.0997. The first-order valence-corrected chi connectivity index (χ1v) is 14.7. The summed E-state index contributed by atoms with van der Waals surface area (Å²) in [7, 11) is -6.81. The van der Waals surface area contributed by atoms with E-state index in [4.69, 9.17) is 0 Å². The minimum Gasteiger partial charge on any atom is -0.316 e. The van der Waals surface area contributed by atoms with Crippen LogP contribution in [0.4, 0.5) is 0 Å².